The Kier molecular flexibility index (Phi) is 6.29. The highest BCUT2D eigenvalue weighted by Gasteiger charge is 2.38. The van der Waals surface area contributed by atoms with Gasteiger partial charge < -0.3 is 10.2 Å². The first kappa shape index (κ1) is 17.8. The average molecular weight is 337 g/mol. The van der Waals surface area contributed by atoms with Gasteiger partial charge in [0.2, 0.25) is 0 Å². The van der Waals surface area contributed by atoms with Crippen molar-refractivity contribution in [2.75, 3.05) is 31.9 Å². The normalized spacial score (nSPS) is 22.9. The van der Waals surface area contributed by atoms with Gasteiger partial charge in [0.05, 0.1) is 13.0 Å². The average Bonchev–Trinajstić information content (AvgIpc) is 2.46. The van der Waals surface area contributed by atoms with Gasteiger partial charge in [-0.05, 0) is 19.8 Å². The van der Waals surface area contributed by atoms with Crippen molar-refractivity contribution in [2.24, 2.45) is 4.99 Å². The lowest BCUT2D eigenvalue weighted by atomic mass is 9.87. The minimum absolute atomic E-state index is 0.192. The van der Waals surface area contributed by atoms with Crippen LogP contribution in [0.4, 0.5) is 13.2 Å². The molecule has 128 valence electrons. The molecule has 3 nitrogen and oxygen atoms in total. The summed E-state index contributed by atoms with van der Waals surface area (Å²) in [7, 11) is 0. The van der Waals surface area contributed by atoms with Gasteiger partial charge in [0.15, 0.2) is 5.96 Å². The van der Waals surface area contributed by atoms with E-state index in [1.165, 1.54) is 32.1 Å². The van der Waals surface area contributed by atoms with Crippen LogP contribution < -0.4 is 5.32 Å². The van der Waals surface area contributed by atoms with Crippen LogP contribution in [0.5, 0.6) is 0 Å². The lowest BCUT2D eigenvalue weighted by molar-refractivity contribution is -0.132. The second kappa shape index (κ2) is 7.79. The summed E-state index contributed by atoms with van der Waals surface area (Å²) in [5.74, 6) is 1.68. The largest absolute Gasteiger partial charge is 0.390 e. The molecule has 0 amide bonds. The van der Waals surface area contributed by atoms with Crippen molar-refractivity contribution >= 4 is 17.7 Å². The molecule has 1 heterocycles. The summed E-state index contributed by atoms with van der Waals surface area (Å²) in [6.45, 7) is 4.22. The van der Waals surface area contributed by atoms with Crippen molar-refractivity contribution in [1.29, 1.82) is 0 Å². The van der Waals surface area contributed by atoms with Crippen LogP contribution in [-0.2, 0) is 0 Å². The number of alkyl halides is 3. The molecule has 0 unspecified atom stereocenters. The zero-order chi connectivity index (χ0) is 16.1. The zero-order valence-electron chi connectivity index (χ0n) is 13.2. The monoisotopic (exact) mass is 337 g/mol. The van der Waals surface area contributed by atoms with Gasteiger partial charge in [0.25, 0.3) is 0 Å². The van der Waals surface area contributed by atoms with Gasteiger partial charge in [-0.3, -0.25) is 4.99 Å². The standard InChI is InChI=1S/C15H26F3N3S/c1-2-19-13(20-9-8-15(16,17)18)21-10-11-22-14(12-21)6-4-3-5-7-14/h2-12H2,1H3,(H,19,20). The van der Waals surface area contributed by atoms with Gasteiger partial charge in [-0.2, -0.15) is 24.9 Å². The maximum Gasteiger partial charge on any atom is 0.390 e. The third-order valence-electron chi connectivity index (χ3n) is 4.30. The lowest BCUT2D eigenvalue weighted by Gasteiger charge is -2.45. The Bertz CT molecular complexity index is 373. The summed E-state index contributed by atoms with van der Waals surface area (Å²) in [5, 5.41) is 3.16. The second-order valence-corrected chi connectivity index (χ2v) is 7.68. The molecule has 2 rings (SSSR count). The van der Waals surface area contributed by atoms with E-state index in [-0.39, 0.29) is 11.3 Å². The molecule has 1 aliphatic heterocycles. The van der Waals surface area contributed by atoms with Crippen LogP contribution in [0.1, 0.15) is 45.4 Å². The molecule has 0 aromatic heterocycles. The molecule has 0 atom stereocenters. The number of nitrogens with one attached hydrogen (secondary N) is 1. The van der Waals surface area contributed by atoms with E-state index in [0.717, 1.165) is 18.8 Å². The topological polar surface area (TPSA) is 27.6 Å². The predicted molar refractivity (Wildman–Crippen MR) is 86.5 cm³/mol. The van der Waals surface area contributed by atoms with E-state index in [9.17, 15) is 13.2 Å². The Morgan fingerprint density at radius 1 is 1.27 bits per heavy atom. The van der Waals surface area contributed by atoms with Crippen molar-refractivity contribution in [3.8, 4) is 0 Å². The summed E-state index contributed by atoms with van der Waals surface area (Å²) >= 11 is 2.05. The third-order valence-corrected chi connectivity index (χ3v) is 5.84. The molecule has 0 bridgehead atoms. The van der Waals surface area contributed by atoms with Crippen molar-refractivity contribution in [3.05, 3.63) is 0 Å². The molecule has 0 aromatic carbocycles. The van der Waals surface area contributed by atoms with Gasteiger partial charge in [0.1, 0.15) is 0 Å². The number of hydrogen-bond acceptors (Lipinski definition) is 2. The van der Waals surface area contributed by atoms with Crippen LogP contribution in [0, 0.1) is 0 Å². The molecule has 1 spiro atoms. The highest BCUT2D eigenvalue weighted by molar-refractivity contribution is 8.00. The fourth-order valence-corrected chi connectivity index (χ4v) is 4.81. The number of guanidine groups is 1. The molecule has 2 fully saturated rings. The first-order chi connectivity index (χ1) is 10.4. The molecule has 0 radical (unpaired) electrons. The second-order valence-electron chi connectivity index (χ2n) is 6.11. The van der Waals surface area contributed by atoms with Crippen molar-refractivity contribution in [3.63, 3.8) is 0 Å². The molecular weight excluding hydrogens is 311 g/mol. The number of nitrogens with zero attached hydrogens (tertiary/aromatic N) is 2. The number of halogens is 3. The number of rotatable bonds is 3. The number of hydrogen-bond donors (Lipinski definition) is 1. The van der Waals surface area contributed by atoms with E-state index >= 15 is 0 Å². The van der Waals surface area contributed by atoms with Gasteiger partial charge in [-0.15, -0.1) is 0 Å². The number of aliphatic imine (C=N–C) groups is 1. The van der Waals surface area contributed by atoms with Crippen LogP contribution in [0.15, 0.2) is 4.99 Å². The van der Waals surface area contributed by atoms with E-state index in [0.29, 0.717) is 12.5 Å². The Morgan fingerprint density at radius 3 is 2.64 bits per heavy atom. The maximum absolute atomic E-state index is 12.3. The zero-order valence-corrected chi connectivity index (χ0v) is 14.0. The Labute approximate surface area is 135 Å². The van der Waals surface area contributed by atoms with Crippen LogP contribution in [0.25, 0.3) is 0 Å². The minimum atomic E-state index is -4.14. The summed E-state index contributed by atoms with van der Waals surface area (Å²) in [6, 6.07) is 0. The quantitative estimate of drug-likeness (QED) is 0.629. The van der Waals surface area contributed by atoms with Crippen molar-refractivity contribution in [1.82, 2.24) is 10.2 Å². The highest BCUT2D eigenvalue weighted by atomic mass is 32.2. The molecule has 7 heteroatoms. The molecule has 0 aromatic rings. The van der Waals surface area contributed by atoms with E-state index in [4.69, 9.17) is 0 Å². The van der Waals surface area contributed by atoms with Crippen LogP contribution >= 0.6 is 11.8 Å². The van der Waals surface area contributed by atoms with E-state index in [1.807, 2.05) is 18.7 Å². The predicted octanol–water partition coefficient (Wildman–Crippen LogP) is 3.66. The third kappa shape index (κ3) is 5.25. The fraction of sp³-hybridized carbons (Fsp3) is 0.933. The van der Waals surface area contributed by atoms with Crippen molar-refractivity contribution in [2.45, 2.75) is 56.4 Å². The van der Waals surface area contributed by atoms with Gasteiger partial charge in [-0.25, -0.2) is 0 Å². The van der Waals surface area contributed by atoms with Gasteiger partial charge >= 0.3 is 6.18 Å². The van der Waals surface area contributed by atoms with Crippen LogP contribution in [0.3, 0.4) is 0 Å². The summed E-state index contributed by atoms with van der Waals surface area (Å²) < 4.78 is 37.2. The smallest absolute Gasteiger partial charge is 0.357 e. The van der Waals surface area contributed by atoms with Crippen LogP contribution in [0.2, 0.25) is 0 Å². The van der Waals surface area contributed by atoms with Gasteiger partial charge in [0, 0.05) is 30.1 Å². The minimum Gasteiger partial charge on any atom is -0.357 e. The van der Waals surface area contributed by atoms with Crippen LogP contribution in [-0.4, -0.2) is 53.7 Å². The van der Waals surface area contributed by atoms with E-state index in [2.05, 4.69) is 15.2 Å². The Balaban J connectivity index is 1.99. The maximum atomic E-state index is 12.3. The van der Waals surface area contributed by atoms with E-state index < -0.39 is 12.6 Å². The summed E-state index contributed by atoms with van der Waals surface area (Å²) in [4.78, 5) is 6.37. The SMILES string of the molecule is CCNC(=NCCC(F)(F)F)N1CCSC2(CCCCC2)C1. The molecule has 1 aliphatic carbocycles. The fourth-order valence-electron chi connectivity index (χ4n) is 3.24. The lowest BCUT2D eigenvalue weighted by Crippen LogP contribution is -2.53. The summed E-state index contributed by atoms with van der Waals surface area (Å²) in [5.41, 5.74) is 0. The first-order valence-corrected chi connectivity index (χ1v) is 9.17. The highest BCUT2D eigenvalue weighted by Crippen LogP contribution is 2.42. The summed E-state index contributed by atoms with van der Waals surface area (Å²) in [6.07, 6.45) is 1.29. The van der Waals surface area contributed by atoms with E-state index in [1.54, 1.807) is 0 Å². The molecule has 1 saturated carbocycles. The van der Waals surface area contributed by atoms with Crippen molar-refractivity contribution < 1.29 is 13.2 Å². The molecule has 2 aliphatic rings. The molecule has 22 heavy (non-hydrogen) atoms. The number of thioether (sulfide) groups is 1. The van der Waals surface area contributed by atoms with Gasteiger partial charge in [-0.1, -0.05) is 19.3 Å². The Hall–Kier alpha value is -0.590. The Morgan fingerprint density at radius 2 is 2.00 bits per heavy atom. The molecular formula is C15H26F3N3S. The first-order valence-electron chi connectivity index (χ1n) is 8.18. The molecule has 1 N–H and O–H groups in total. The molecule has 1 saturated heterocycles.